The predicted octanol–water partition coefficient (Wildman–Crippen LogP) is 1.98. The van der Waals surface area contributed by atoms with Gasteiger partial charge in [0.25, 0.3) is 0 Å². The lowest BCUT2D eigenvalue weighted by Crippen LogP contribution is -2.41. The van der Waals surface area contributed by atoms with Crippen LogP contribution in [0.1, 0.15) is 32.7 Å². The molecule has 0 spiro atoms. The number of nitrogens with one attached hydrogen (secondary N) is 1. The van der Waals surface area contributed by atoms with Gasteiger partial charge >= 0.3 is 5.69 Å². The molecule has 1 unspecified atom stereocenters. The number of aromatic amines is 1. The van der Waals surface area contributed by atoms with Crippen LogP contribution < -0.4 is 5.69 Å². The summed E-state index contributed by atoms with van der Waals surface area (Å²) in [5.41, 5.74) is 1.89. The van der Waals surface area contributed by atoms with Crippen LogP contribution in [0.4, 0.5) is 0 Å². The minimum atomic E-state index is -0.271. The molecule has 1 fully saturated rings. The Bertz CT molecular complexity index is 681. The van der Waals surface area contributed by atoms with Gasteiger partial charge < -0.3 is 15.0 Å². The SMILES string of the molecule is CC(C)C(O)CN1CCC(n2c(=O)[nH]c3ccccc32)CC1. The highest BCUT2D eigenvalue weighted by Gasteiger charge is 2.25. The molecule has 5 heteroatoms. The molecule has 1 saturated heterocycles. The molecule has 2 heterocycles. The Kier molecular flexibility index (Phi) is 4.36. The number of aromatic nitrogens is 2. The summed E-state index contributed by atoms with van der Waals surface area (Å²) in [5, 5.41) is 10.0. The highest BCUT2D eigenvalue weighted by atomic mass is 16.3. The van der Waals surface area contributed by atoms with Gasteiger partial charge in [-0.2, -0.15) is 0 Å². The number of fused-ring (bicyclic) bond motifs is 1. The van der Waals surface area contributed by atoms with Crippen molar-refractivity contribution in [1.29, 1.82) is 0 Å². The molecule has 120 valence electrons. The second-order valence-corrected chi connectivity index (χ2v) is 6.66. The summed E-state index contributed by atoms with van der Waals surface area (Å²) in [5.74, 6) is 0.286. The highest BCUT2D eigenvalue weighted by molar-refractivity contribution is 5.75. The lowest BCUT2D eigenvalue weighted by Gasteiger charge is -2.34. The number of nitrogens with zero attached hydrogens (tertiary/aromatic N) is 2. The fraction of sp³-hybridized carbons (Fsp3) is 0.588. The minimum absolute atomic E-state index is 0.0122. The van der Waals surface area contributed by atoms with Crippen molar-refractivity contribution in [2.75, 3.05) is 19.6 Å². The molecule has 1 aliphatic heterocycles. The van der Waals surface area contributed by atoms with Gasteiger partial charge in [-0.15, -0.1) is 0 Å². The van der Waals surface area contributed by atoms with Gasteiger partial charge in [-0.25, -0.2) is 4.79 Å². The van der Waals surface area contributed by atoms with E-state index in [9.17, 15) is 9.90 Å². The van der Waals surface area contributed by atoms with E-state index in [2.05, 4.69) is 9.88 Å². The second kappa shape index (κ2) is 6.26. The zero-order valence-electron chi connectivity index (χ0n) is 13.3. The third-order valence-corrected chi connectivity index (χ3v) is 4.76. The van der Waals surface area contributed by atoms with E-state index in [-0.39, 0.29) is 23.8 Å². The number of imidazole rings is 1. The van der Waals surface area contributed by atoms with E-state index in [0.29, 0.717) is 0 Å². The number of β-amino-alcohol motifs (C(OH)–C–C–N with tert-alkyl or cyclic N) is 1. The zero-order valence-corrected chi connectivity index (χ0v) is 13.3. The number of aliphatic hydroxyl groups excluding tert-OH is 1. The predicted molar refractivity (Wildman–Crippen MR) is 88.1 cm³/mol. The van der Waals surface area contributed by atoms with Crippen LogP contribution >= 0.6 is 0 Å². The Labute approximate surface area is 130 Å². The fourth-order valence-electron chi connectivity index (χ4n) is 3.27. The number of rotatable bonds is 4. The van der Waals surface area contributed by atoms with Gasteiger partial charge in [-0.1, -0.05) is 26.0 Å². The van der Waals surface area contributed by atoms with Gasteiger partial charge in [0.2, 0.25) is 0 Å². The molecule has 3 rings (SSSR count). The summed E-state index contributed by atoms with van der Waals surface area (Å²) < 4.78 is 1.91. The molecule has 2 N–H and O–H groups in total. The van der Waals surface area contributed by atoms with Crippen molar-refractivity contribution in [2.45, 2.75) is 38.8 Å². The van der Waals surface area contributed by atoms with E-state index < -0.39 is 0 Å². The van der Waals surface area contributed by atoms with Crippen molar-refractivity contribution < 1.29 is 5.11 Å². The summed E-state index contributed by atoms with van der Waals surface area (Å²) in [6.07, 6.45) is 1.63. The average molecular weight is 303 g/mol. The molecule has 0 radical (unpaired) electrons. The first-order valence-corrected chi connectivity index (χ1v) is 8.16. The maximum atomic E-state index is 12.2. The Morgan fingerprint density at radius 2 is 1.95 bits per heavy atom. The topological polar surface area (TPSA) is 61.3 Å². The Hall–Kier alpha value is -1.59. The minimum Gasteiger partial charge on any atom is -0.392 e. The van der Waals surface area contributed by atoms with Crippen molar-refractivity contribution in [3.05, 3.63) is 34.7 Å². The highest BCUT2D eigenvalue weighted by Crippen LogP contribution is 2.25. The molecule has 2 aromatic rings. The normalized spacial score (nSPS) is 19.1. The van der Waals surface area contributed by atoms with E-state index in [4.69, 9.17) is 0 Å². The van der Waals surface area contributed by atoms with Crippen LogP contribution in [0.2, 0.25) is 0 Å². The van der Waals surface area contributed by atoms with E-state index >= 15 is 0 Å². The lowest BCUT2D eigenvalue weighted by atomic mass is 10.0. The monoisotopic (exact) mass is 303 g/mol. The fourth-order valence-corrected chi connectivity index (χ4v) is 3.27. The first-order chi connectivity index (χ1) is 10.6. The number of hydrogen-bond donors (Lipinski definition) is 2. The van der Waals surface area contributed by atoms with Gasteiger partial charge in [0.05, 0.1) is 17.1 Å². The molecule has 22 heavy (non-hydrogen) atoms. The first-order valence-electron chi connectivity index (χ1n) is 8.16. The number of piperidine rings is 1. The molecule has 0 amide bonds. The van der Waals surface area contributed by atoms with Crippen LogP contribution in [-0.4, -0.2) is 45.3 Å². The van der Waals surface area contributed by atoms with Crippen LogP contribution in [0.3, 0.4) is 0 Å². The van der Waals surface area contributed by atoms with E-state index in [1.54, 1.807) is 0 Å². The second-order valence-electron chi connectivity index (χ2n) is 6.66. The van der Waals surface area contributed by atoms with Crippen LogP contribution in [0.15, 0.2) is 29.1 Å². The van der Waals surface area contributed by atoms with Crippen LogP contribution in [0, 0.1) is 5.92 Å². The Morgan fingerprint density at radius 3 is 2.64 bits per heavy atom. The first kappa shape index (κ1) is 15.3. The molecule has 0 bridgehead atoms. The summed E-state index contributed by atoms with van der Waals surface area (Å²) in [6.45, 7) is 6.68. The molecular formula is C17H25N3O2. The third-order valence-electron chi connectivity index (χ3n) is 4.76. The quantitative estimate of drug-likeness (QED) is 0.908. The molecule has 1 atom stereocenters. The molecule has 1 aromatic heterocycles. The van der Waals surface area contributed by atoms with Gasteiger partial charge in [0.1, 0.15) is 0 Å². The molecule has 0 saturated carbocycles. The average Bonchev–Trinajstić information content (AvgIpc) is 2.84. The smallest absolute Gasteiger partial charge is 0.326 e. The zero-order chi connectivity index (χ0) is 15.7. The van der Waals surface area contributed by atoms with Crippen LogP contribution in [0.5, 0.6) is 0 Å². The van der Waals surface area contributed by atoms with Crippen molar-refractivity contribution in [3.8, 4) is 0 Å². The molecule has 5 nitrogen and oxygen atoms in total. The number of aliphatic hydroxyl groups is 1. The Morgan fingerprint density at radius 1 is 1.27 bits per heavy atom. The summed E-state index contributed by atoms with van der Waals surface area (Å²) in [7, 11) is 0. The van der Waals surface area contributed by atoms with Crippen molar-refractivity contribution in [3.63, 3.8) is 0 Å². The van der Waals surface area contributed by atoms with Crippen LogP contribution in [-0.2, 0) is 0 Å². The maximum Gasteiger partial charge on any atom is 0.326 e. The molecule has 1 aliphatic rings. The van der Waals surface area contributed by atoms with E-state index in [0.717, 1.165) is 43.5 Å². The third kappa shape index (κ3) is 2.96. The number of likely N-dealkylation sites (tertiary alicyclic amines) is 1. The lowest BCUT2D eigenvalue weighted by molar-refractivity contribution is 0.0614. The molecular weight excluding hydrogens is 278 g/mol. The van der Waals surface area contributed by atoms with Crippen LogP contribution in [0.25, 0.3) is 11.0 Å². The van der Waals surface area contributed by atoms with Crippen molar-refractivity contribution in [1.82, 2.24) is 14.5 Å². The van der Waals surface area contributed by atoms with Crippen molar-refractivity contribution >= 4 is 11.0 Å². The van der Waals surface area contributed by atoms with Gasteiger partial charge in [-0.05, 0) is 30.9 Å². The largest absolute Gasteiger partial charge is 0.392 e. The van der Waals surface area contributed by atoms with Gasteiger partial charge in [0, 0.05) is 25.7 Å². The van der Waals surface area contributed by atoms with Crippen molar-refractivity contribution in [2.24, 2.45) is 5.92 Å². The summed E-state index contributed by atoms with van der Waals surface area (Å²) in [4.78, 5) is 17.5. The van der Waals surface area contributed by atoms with Gasteiger partial charge in [-0.3, -0.25) is 4.57 Å². The number of para-hydroxylation sites is 2. The number of H-pyrrole nitrogens is 1. The summed E-state index contributed by atoms with van der Waals surface area (Å²) >= 11 is 0. The number of hydrogen-bond acceptors (Lipinski definition) is 3. The molecule has 1 aromatic carbocycles. The number of benzene rings is 1. The molecule has 0 aliphatic carbocycles. The summed E-state index contributed by atoms with van der Waals surface area (Å²) in [6, 6.07) is 8.11. The van der Waals surface area contributed by atoms with Gasteiger partial charge in [0.15, 0.2) is 0 Å². The standard InChI is InChI=1S/C17H25N3O2/c1-12(2)16(21)11-19-9-7-13(8-10-19)20-15-6-4-3-5-14(15)18-17(20)22/h3-6,12-13,16,21H,7-11H2,1-2H3,(H,18,22). The van der Waals surface area contributed by atoms with E-state index in [1.165, 1.54) is 0 Å². The Balaban J connectivity index is 1.71. The maximum absolute atomic E-state index is 12.2. The van der Waals surface area contributed by atoms with E-state index in [1.807, 2.05) is 42.7 Å².